The van der Waals surface area contributed by atoms with E-state index in [9.17, 15) is 4.79 Å². The van der Waals surface area contributed by atoms with E-state index in [-0.39, 0.29) is 11.4 Å². The van der Waals surface area contributed by atoms with Crippen molar-refractivity contribution in [2.45, 2.75) is 45.7 Å². The zero-order valence-electron chi connectivity index (χ0n) is 17.7. The normalized spacial score (nSPS) is 15.3. The Balaban J connectivity index is 1.43. The van der Waals surface area contributed by atoms with E-state index in [4.69, 9.17) is 4.74 Å². The SMILES string of the molecule is CC(C)(C)c1csc(CCNC(=O)NCc2ccccc2CN2CCOCC2)n1. The molecule has 29 heavy (non-hydrogen) atoms. The second-order valence-corrected chi connectivity index (χ2v) is 9.34. The Hall–Kier alpha value is -1.96. The van der Waals surface area contributed by atoms with Crippen LogP contribution in [-0.4, -0.2) is 48.8 Å². The number of amides is 2. The Morgan fingerprint density at radius 3 is 2.59 bits per heavy atom. The van der Waals surface area contributed by atoms with Crippen molar-refractivity contribution >= 4 is 17.4 Å². The third-order valence-corrected chi connectivity index (χ3v) is 5.91. The molecule has 0 aliphatic carbocycles. The molecule has 0 atom stereocenters. The highest BCUT2D eigenvalue weighted by atomic mass is 32.1. The summed E-state index contributed by atoms with van der Waals surface area (Å²) in [7, 11) is 0. The average molecular weight is 417 g/mol. The quantitative estimate of drug-likeness (QED) is 0.727. The molecule has 0 saturated carbocycles. The molecule has 2 aromatic rings. The van der Waals surface area contributed by atoms with E-state index in [0.717, 1.165) is 55.5 Å². The molecule has 158 valence electrons. The van der Waals surface area contributed by atoms with Crippen molar-refractivity contribution in [2.75, 3.05) is 32.8 Å². The van der Waals surface area contributed by atoms with Crippen molar-refractivity contribution in [1.82, 2.24) is 20.5 Å². The number of hydrogen-bond acceptors (Lipinski definition) is 5. The van der Waals surface area contributed by atoms with Gasteiger partial charge in [0.2, 0.25) is 0 Å². The Morgan fingerprint density at radius 2 is 1.90 bits per heavy atom. The predicted molar refractivity (Wildman–Crippen MR) is 117 cm³/mol. The molecule has 0 unspecified atom stereocenters. The van der Waals surface area contributed by atoms with Gasteiger partial charge >= 0.3 is 6.03 Å². The molecule has 0 bridgehead atoms. The van der Waals surface area contributed by atoms with Gasteiger partial charge in [-0.3, -0.25) is 4.90 Å². The van der Waals surface area contributed by atoms with Crippen LogP contribution in [0.3, 0.4) is 0 Å². The molecule has 0 spiro atoms. The Morgan fingerprint density at radius 1 is 1.17 bits per heavy atom. The van der Waals surface area contributed by atoms with Crippen LogP contribution >= 0.6 is 11.3 Å². The summed E-state index contributed by atoms with van der Waals surface area (Å²) in [5.74, 6) is 0. The lowest BCUT2D eigenvalue weighted by Gasteiger charge is -2.27. The Labute approximate surface area is 177 Å². The minimum atomic E-state index is -0.140. The number of nitrogens with one attached hydrogen (secondary N) is 2. The molecule has 1 aliphatic rings. The first-order chi connectivity index (χ1) is 13.9. The van der Waals surface area contributed by atoms with Gasteiger partial charge in [0.25, 0.3) is 0 Å². The standard InChI is InChI=1S/C22H32N4O2S/c1-22(2,3)19-16-29-20(25-19)8-9-23-21(27)24-14-17-6-4-5-7-18(17)15-26-10-12-28-13-11-26/h4-7,16H,8-15H2,1-3H3,(H2,23,24,27). The van der Waals surface area contributed by atoms with Crippen molar-refractivity contribution in [3.63, 3.8) is 0 Å². The maximum Gasteiger partial charge on any atom is 0.315 e. The second kappa shape index (κ2) is 10.2. The summed E-state index contributed by atoms with van der Waals surface area (Å²) < 4.78 is 5.42. The van der Waals surface area contributed by atoms with Crippen LogP contribution in [0.25, 0.3) is 0 Å². The van der Waals surface area contributed by atoms with Crippen LogP contribution in [0.1, 0.15) is 42.6 Å². The Kier molecular flexibility index (Phi) is 7.64. The summed E-state index contributed by atoms with van der Waals surface area (Å²) in [4.78, 5) is 19.3. The first-order valence-corrected chi connectivity index (χ1v) is 11.1. The average Bonchev–Trinajstić information content (AvgIpc) is 3.18. The van der Waals surface area contributed by atoms with Crippen LogP contribution in [0, 0.1) is 0 Å². The number of morpholine rings is 1. The van der Waals surface area contributed by atoms with Gasteiger partial charge in [-0.2, -0.15) is 0 Å². The summed E-state index contributed by atoms with van der Waals surface area (Å²) in [6.45, 7) is 12.0. The number of urea groups is 1. The fraction of sp³-hybridized carbons (Fsp3) is 0.545. The van der Waals surface area contributed by atoms with Crippen LogP contribution in [0.5, 0.6) is 0 Å². The molecular formula is C22H32N4O2S. The molecular weight excluding hydrogens is 384 g/mol. The summed E-state index contributed by atoms with van der Waals surface area (Å²) in [6.07, 6.45) is 0.752. The third-order valence-electron chi connectivity index (χ3n) is 5.00. The smallest absolute Gasteiger partial charge is 0.315 e. The molecule has 1 fully saturated rings. The fourth-order valence-electron chi connectivity index (χ4n) is 3.18. The van der Waals surface area contributed by atoms with Crippen molar-refractivity contribution in [2.24, 2.45) is 0 Å². The lowest BCUT2D eigenvalue weighted by molar-refractivity contribution is 0.0341. The van der Waals surface area contributed by atoms with Crippen LogP contribution in [0.4, 0.5) is 4.79 Å². The molecule has 0 radical (unpaired) electrons. The highest BCUT2D eigenvalue weighted by Crippen LogP contribution is 2.23. The molecule has 2 N–H and O–H groups in total. The first-order valence-electron chi connectivity index (χ1n) is 10.3. The van der Waals surface area contributed by atoms with Gasteiger partial charge < -0.3 is 15.4 Å². The fourth-order valence-corrected chi connectivity index (χ4v) is 4.20. The minimum absolute atomic E-state index is 0.0637. The van der Waals surface area contributed by atoms with Gasteiger partial charge in [0, 0.05) is 49.9 Å². The van der Waals surface area contributed by atoms with Gasteiger partial charge in [0.15, 0.2) is 0 Å². The van der Waals surface area contributed by atoms with Gasteiger partial charge in [-0.15, -0.1) is 11.3 Å². The lowest BCUT2D eigenvalue weighted by Crippen LogP contribution is -2.37. The van der Waals surface area contributed by atoms with E-state index in [1.807, 2.05) is 6.07 Å². The second-order valence-electron chi connectivity index (χ2n) is 8.39. The van der Waals surface area contributed by atoms with Crippen molar-refractivity contribution in [3.05, 3.63) is 51.5 Å². The molecule has 1 aromatic carbocycles. The number of thiazole rings is 1. The molecule has 2 amide bonds. The minimum Gasteiger partial charge on any atom is -0.379 e. The third kappa shape index (κ3) is 6.80. The largest absolute Gasteiger partial charge is 0.379 e. The lowest BCUT2D eigenvalue weighted by atomic mass is 9.93. The van der Waals surface area contributed by atoms with Gasteiger partial charge in [0.05, 0.1) is 23.9 Å². The monoisotopic (exact) mass is 416 g/mol. The van der Waals surface area contributed by atoms with Crippen molar-refractivity contribution in [1.29, 1.82) is 0 Å². The summed E-state index contributed by atoms with van der Waals surface area (Å²) in [5, 5.41) is 9.10. The topological polar surface area (TPSA) is 66.5 Å². The number of hydrogen-bond donors (Lipinski definition) is 2. The van der Waals surface area contributed by atoms with Gasteiger partial charge in [-0.05, 0) is 11.1 Å². The number of carbonyl (C=O) groups is 1. The van der Waals surface area contributed by atoms with E-state index < -0.39 is 0 Å². The number of nitrogens with zero attached hydrogens (tertiary/aromatic N) is 2. The summed E-state index contributed by atoms with van der Waals surface area (Å²) >= 11 is 1.66. The van der Waals surface area contributed by atoms with Crippen LogP contribution < -0.4 is 10.6 Å². The number of aromatic nitrogens is 1. The highest BCUT2D eigenvalue weighted by Gasteiger charge is 2.17. The molecule has 6 nitrogen and oxygen atoms in total. The number of benzene rings is 1. The van der Waals surface area contributed by atoms with E-state index in [0.29, 0.717) is 13.1 Å². The first kappa shape index (κ1) is 21.7. The predicted octanol–water partition coefficient (Wildman–Crippen LogP) is 3.31. The maximum absolute atomic E-state index is 12.2. The molecule has 7 heteroatoms. The van der Waals surface area contributed by atoms with Gasteiger partial charge in [-0.1, -0.05) is 45.0 Å². The number of carbonyl (C=O) groups excluding carboxylic acids is 1. The summed E-state index contributed by atoms with van der Waals surface area (Å²) in [5.41, 5.74) is 3.59. The highest BCUT2D eigenvalue weighted by molar-refractivity contribution is 7.09. The number of rotatable bonds is 7. The molecule has 1 aliphatic heterocycles. The number of ether oxygens (including phenoxy) is 1. The van der Waals surface area contributed by atoms with Crippen LogP contribution in [-0.2, 0) is 29.7 Å². The van der Waals surface area contributed by atoms with Gasteiger partial charge in [-0.25, -0.2) is 9.78 Å². The zero-order chi connectivity index (χ0) is 20.7. The molecule has 1 aromatic heterocycles. The molecule has 1 saturated heterocycles. The van der Waals surface area contributed by atoms with E-state index >= 15 is 0 Å². The maximum atomic E-state index is 12.2. The zero-order valence-corrected chi connectivity index (χ0v) is 18.5. The molecule has 3 rings (SSSR count). The Bertz CT molecular complexity index is 794. The van der Waals surface area contributed by atoms with Crippen LogP contribution in [0.15, 0.2) is 29.6 Å². The van der Waals surface area contributed by atoms with E-state index in [1.54, 1.807) is 11.3 Å². The van der Waals surface area contributed by atoms with Crippen molar-refractivity contribution in [3.8, 4) is 0 Å². The molecule has 2 heterocycles. The van der Waals surface area contributed by atoms with Gasteiger partial charge in [0.1, 0.15) is 0 Å². The summed E-state index contributed by atoms with van der Waals surface area (Å²) in [6, 6.07) is 8.16. The van der Waals surface area contributed by atoms with Crippen molar-refractivity contribution < 1.29 is 9.53 Å². The van der Waals surface area contributed by atoms with Crippen LogP contribution in [0.2, 0.25) is 0 Å². The van der Waals surface area contributed by atoms with E-state index in [2.05, 4.69) is 64.9 Å². The van der Waals surface area contributed by atoms with E-state index in [1.165, 1.54) is 5.56 Å².